The number of amides is 2. The molecule has 0 aliphatic carbocycles. The van der Waals surface area contributed by atoms with Gasteiger partial charge in [0.15, 0.2) is 11.5 Å². The van der Waals surface area contributed by atoms with Gasteiger partial charge >= 0.3 is 0 Å². The molecule has 4 atom stereocenters. The van der Waals surface area contributed by atoms with Gasteiger partial charge in [-0.3, -0.25) is 14.9 Å². The van der Waals surface area contributed by atoms with E-state index in [4.69, 9.17) is 14.6 Å². The van der Waals surface area contributed by atoms with Gasteiger partial charge in [-0.2, -0.15) is 5.10 Å². The van der Waals surface area contributed by atoms with E-state index in [0.29, 0.717) is 17.9 Å². The standard InChI is InChI=1S/C26H31BrN4O4S/c1-5-19-15(2)28-26(29-25(19)33)36-14-24(32)31-21(17-8-11-22(34-3)23(12-17)35-4)13-20(30-31)16-6-9-18(27)10-7-16/h6-12,15,19,21,26,28H,5,13-14H2,1-4H3,(H,29,33). The molecule has 4 rings (SSSR count). The SMILES string of the molecule is CCC1C(=O)NC(SCC(=O)N2N=C(c3ccc(Br)cc3)CC2c2ccc(OC)c(OC)c2)NC1C. The minimum absolute atomic E-state index is 0.0219. The lowest BCUT2D eigenvalue weighted by Gasteiger charge is -2.35. The molecule has 8 nitrogen and oxygen atoms in total. The summed E-state index contributed by atoms with van der Waals surface area (Å²) in [6.07, 6.45) is 1.34. The Hall–Kier alpha value is -2.56. The number of ether oxygens (including phenoxy) is 2. The van der Waals surface area contributed by atoms with Crippen molar-refractivity contribution in [3.05, 3.63) is 58.1 Å². The second-order valence-electron chi connectivity index (χ2n) is 8.80. The number of rotatable bonds is 8. The van der Waals surface area contributed by atoms with E-state index in [1.54, 1.807) is 19.2 Å². The highest BCUT2D eigenvalue weighted by molar-refractivity contribution is 9.10. The van der Waals surface area contributed by atoms with Gasteiger partial charge in [0.25, 0.3) is 5.91 Å². The van der Waals surface area contributed by atoms with E-state index in [2.05, 4.69) is 26.6 Å². The van der Waals surface area contributed by atoms with Crippen LogP contribution in [0.25, 0.3) is 0 Å². The van der Waals surface area contributed by atoms with Crippen LogP contribution in [-0.2, 0) is 9.59 Å². The van der Waals surface area contributed by atoms with Crippen molar-refractivity contribution in [2.45, 2.75) is 44.3 Å². The molecule has 1 fully saturated rings. The lowest BCUT2D eigenvalue weighted by Crippen LogP contribution is -2.59. The zero-order valence-corrected chi connectivity index (χ0v) is 23.2. The minimum Gasteiger partial charge on any atom is -0.493 e. The van der Waals surface area contributed by atoms with E-state index >= 15 is 0 Å². The Morgan fingerprint density at radius 3 is 2.53 bits per heavy atom. The second-order valence-corrected chi connectivity index (χ2v) is 10.8. The Morgan fingerprint density at radius 1 is 1.17 bits per heavy atom. The molecule has 0 radical (unpaired) electrons. The topological polar surface area (TPSA) is 92.3 Å². The number of nitrogens with zero attached hydrogens (tertiary/aromatic N) is 2. The molecule has 2 aliphatic rings. The molecule has 0 saturated carbocycles. The molecule has 0 spiro atoms. The van der Waals surface area contributed by atoms with Gasteiger partial charge in [-0.25, -0.2) is 5.01 Å². The third-order valence-electron chi connectivity index (χ3n) is 6.58. The van der Waals surface area contributed by atoms with Gasteiger partial charge in [-0.1, -0.05) is 41.1 Å². The number of methoxy groups -OCH3 is 2. The molecular weight excluding hydrogens is 544 g/mol. The highest BCUT2D eigenvalue weighted by atomic mass is 79.9. The van der Waals surface area contributed by atoms with Crippen LogP contribution in [0, 0.1) is 5.92 Å². The Bertz CT molecular complexity index is 1140. The van der Waals surface area contributed by atoms with Gasteiger partial charge in [-0.15, -0.1) is 11.8 Å². The van der Waals surface area contributed by atoms with Crippen LogP contribution >= 0.6 is 27.7 Å². The number of benzene rings is 2. The van der Waals surface area contributed by atoms with E-state index in [1.165, 1.54) is 11.8 Å². The largest absolute Gasteiger partial charge is 0.493 e. The van der Waals surface area contributed by atoms with Crippen molar-refractivity contribution in [3.8, 4) is 11.5 Å². The van der Waals surface area contributed by atoms with Crippen molar-refractivity contribution >= 4 is 45.2 Å². The second kappa shape index (κ2) is 11.7. The summed E-state index contributed by atoms with van der Waals surface area (Å²) in [5.74, 6) is 1.22. The fourth-order valence-electron chi connectivity index (χ4n) is 4.59. The molecule has 192 valence electrons. The van der Waals surface area contributed by atoms with Gasteiger partial charge < -0.3 is 14.8 Å². The summed E-state index contributed by atoms with van der Waals surface area (Å²) in [4.78, 5) is 25.9. The Morgan fingerprint density at radius 2 is 1.89 bits per heavy atom. The number of nitrogens with one attached hydrogen (secondary N) is 2. The fourth-order valence-corrected chi connectivity index (χ4v) is 5.80. The average Bonchev–Trinajstić information content (AvgIpc) is 3.32. The Balaban J connectivity index is 1.55. The number of hydrazone groups is 1. The summed E-state index contributed by atoms with van der Waals surface area (Å²) in [6, 6.07) is 13.3. The van der Waals surface area contributed by atoms with Crippen molar-refractivity contribution in [1.29, 1.82) is 0 Å². The monoisotopic (exact) mass is 574 g/mol. The minimum atomic E-state index is -0.323. The predicted molar refractivity (Wildman–Crippen MR) is 145 cm³/mol. The van der Waals surface area contributed by atoms with Crippen molar-refractivity contribution in [2.24, 2.45) is 11.0 Å². The number of carbonyl (C=O) groups excluding carboxylic acids is 2. The lowest BCUT2D eigenvalue weighted by atomic mass is 9.96. The average molecular weight is 576 g/mol. The van der Waals surface area contributed by atoms with Crippen LogP contribution < -0.4 is 20.1 Å². The summed E-state index contributed by atoms with van der Waals surface area (Å²) in [5.41, 5.74) is 2.39. The van der Waals surface area contributed by atoms with E-state index in [1.807, 2.05) is 56.3 Å². The summed E-state index contributed by atoms with van der Waals surface area (Å²) < 4.78 is 11.9. The van der Waals surface area contributed by atoms with Crippen molar-refractivity contribution < 1.29 is 19.1 Å². The first-order valence-corrected chi connectivity index (χ1v) is 13.7. The van der Waals surface area contributed by atoms with Gasteiger partial charge in [0.1, 0.15) is 5.50 Å². The summed E-state index contributed by atoms with van der Waals surface area (Å²) >= 11 is 4.84. The van der Waals surface area contributed by atoms with Crippen molar-refractivity contribution in [1.82, 2.24) is 15.6 Å². The molecule has 0 bridgehead atoms. The van der Waals surface area contributed by atoms with Crippen molar-refractivity contribution in [3.63, 3.8) is 0 Å². The van der Waals surface area contributed by atoms with E-state index in [-0.39, 0.29) is 41.1 Å². The number of thioether (sulfide) groups is 1. The first-order valence-electron chi connectivity index (χ1n) is 11.9. The van der Waals surface area contributed by atoms with Gasteiger partial charge in [-0.05, 0) is 48.7 Å². The Kier molecular flexibility index (Phi) is 8.58. The third-order valence-corrected chi connectivity index (χ3v) is 8.11. The van der Waals surface area contributed by atoms with Crippen LogP contribution in [0.15, 0.2) is 52.0 Å². The molecule has 2 aromatic rings. The lowest BCUT2D eigenvalue weighted by molar-refractivity contribution is -0.130. The summed E-state index contributed by atoms with van der Waals surface area (Å²) in [6.45, 7) is 4.01. The number of halogens is 1. The van der Waals surface area contributed by atoms with Crippen LogP contribution in [-0.4, -0.2) is 54.0 Å². The number of hydrogen-bond donors (Lipinski definition) is 2. The van der Waals surface area contributed by atoms with Crippen LogP contribution in [0.4, 0.5) is 0 Å². The number of carbonyl (C=O) groups is 2. The zero-order valence-electron chi connectivity index (χ0n) is 20.8. The van der Waals surface area contributed by atoms with Crippen LogP contribution in [0.2, 0.25) is 0 Å². The predicted octanol–water partition coefficient (Wildman–Crippen LogP) is 4.29. The first-order chi connectivity index (χ1) is 17.3. The highest BCUT2D eigenvalue weighted by Crippen LogP contribution is 2.38. The molecule has 2 aliphatic heterocycles. The first kappa shape index (κ1) is 26.5. The van der Waals surface area contributed by atoms with Crippen LogP contribution in [0.5, 0.6) is 11.5 Å². The fraction of sp³-hybridized carbons (Fsp3) is 0.423. The van der Waals surface area contributed by atoms with Crippen molar-refractivity contribution in [2.75, 3.05) is 20.0 Å². The van der Waals surface area contributed by atoms with Crippen LogP contribution in [0.3, 0.4) is 0 Å². The van der Waals surface area contributed by atoms with Crippen LogP contribution in [0.1, 0.15) is 43.9 Å². The summed E-state index contributed by atoms with van der Waals surface area (Å²) in [5, 5.41) is 12.7. The normalized spacial score (nSPS) is 23.8. The van der Waals surface area contributed by atoms with E-state index in [9.17, 15) is 9.59 Å². The maximum Gasteiger partial charge on any atom is 0.253 e. The molecule has 1 saturated heterocycles. The number of hydrogen-bond acceptors (Lipinski definition) is 7. The van der Waals surface area contributed by atoms with Gasteiger partial charge in [0.2, 0.25) is 5.91 Å². The molecule has 36 heavy (non-hydrogen) atoms. The van der Waals surface area contributed by atoms with E-state index < -0.39 is 0 Å². The maximum absolute atomic E-state index is 13.5. The molecule has 2 heterocycles. The molecular formula is C26H31BrN4O4S. The zero-order chi connectivity index (χ0) is 25.8. The van der Waals surface area contributed by atoms with E-state index in [0.717, 1.165) is 27.7 Å². The molecule has 2 amide bonds. The molecule has 2 N–H and O–H groups in total. The molecule has 0 aromatic heterocycles. The van der Waals surface area contributed by atoms with Gasteiger partial charge in [0.05, 0.1) is 37.6 Å². The molecule has 4 unspecified atom stereocenters. The highest BCUT2D eigenvalue weighted by Gasteiger charge is 2.36. The molecule has 10 heteroatoms. The molecule has 2 aromatic carbocycles. The third kappa shape index (κ3) is 5.71. The quantitative estimate of drug-likeness (QED) is 0.488. The van der Waals surface area contributed by atoms with Gasteiger partial charge in [0, 0.05) is 16.9 Å². The smallest absolute Gasteiger partial charge is 0.253 e. The Labute approximate surface area is 224 Å². The summed E-state index contributed by atoms with van der Waals surface area (Å²) in [7, 11) is 3.19. The maximum atomic E-state index is 13.5.